The first-order chi connectivity index (χ1) is 7.20. The Morgan fingerprint density at radius 3 is 2.53 bits per heavy atom. The van der Waals surface area contributed by atoms with Crippen LogP contribution in [0.2, 0.25) is 0 Å². The first kappa shape index (κ1) is 10.1. The Balaban J connectivity index is 2.41. The Hall–Kier alpha value is -1.42. The molecule has 0 saturated heterocycles. The van der Waals surface area contributed by atoms with Crippen LogP contribution in [0.5, 0.6) is 0 Å². The smallest absolute Gasteiger partial charge is 0.194 e. The molecule has 78 valence electrons. The summed E-state index contributed by atoms with van der Waals surface area (Å²) in [5.74, 6) is 1.22. The predicted octanol–water partition coefficient (Wildman–Crippen LogP) is 2.63. The molecule has 0 aliphatic heterocycles. The van der Waals surface area contributed by atoms with Gasteiger partial charge < -0.3 is 4.57 Å². The summed E-state index contributed by atoms with van der Waals surface area (Å²) in [5, 5.41) is 7.04. The third kappa shape index (κ3) is 1.85. The van der Waals surface area contributed by atoms with E-state index in [2.05, 4.69) is 29.3 Å². The second-order valence-electron chi connectivity index (χ2n) is 3.58. The Morgan fingerprint density at radius 2 is 2.00 bits per heavy atom. The number of H-pyrrole nitrogens is 1. The van der Waals surface area contributed by atoms with Crippen LogP contribution in [0.15, 0.2) is 30.3 Å². The maximum absolute atomic E-state index is 5.09. The fourth-order valence-corrected chi connectivity index (χ4v) is 1.78. The Labute approximate surface area is 93.8 Å². The van der Waals surface area contributed by atoms with Gasteiger partial charge in [-0.25, -0.2) is 0 Å². The quantitative estimate of drug-likeness (QED) is 0.788. The lowest BCUT2D eigenvalue weighted by Crippen LogP contribution is -2.04. The van der Waals surface area contributed by atoms with Crippen LogP contribution in [-0.4, -0.2) is 14.8 Å². The number of rotatable bonds is 2. The molecule has 4 heteroatoms. The van der Waals surface area contributed by atoms with E-state index < -0.39 is 0 Å². The first-order valence-electron chi connectivity index (χ1n) is 4.86. The van der Waals surface area contributed by atoms with Crippen molar-refractivity contribution in [3.05, 3.63) is 46.5 Å². The molecule has 1 aromatic heterocycles. The average molecular weight is 219 g/mol. The van der Waals surface area contributed by atoms with Gasteiger partial charge in [-0.05, 0) is 17.8 Å². The summed E-state index contributed by atoms with van der Waals surface area (Å²) in [6, 6.07) is 10.3. The molecule has 3 nitrogen and oxygen atoms in total. The van der Waals surface area contributed by atoms with E-state index in [0.29, 0.717) is 4.77 Å². The van der Waals surface area contributed by atoms with Gasteiger partial charge >= 0.3 is 0 Å². The van der Waals surface area contributed by atoms with Gasteiger partial charge in [0.2, 0.25) is 0 Å². The van der Waals surface area contributed by atoms with Gasteiger partial charge in [-0.2, -0.15) is 5.10 Å². The number of benzene rings is 1. The molecule has 1 aromatic carbocycles. The highest BCUT2D eigenvalue weighted by atomic mass is 32.1. The monoisotopic (exact) mass is 219 g/mol. The molecule has 2 aromatic rings. The Bertz CT molecular complexity index is 498. The molecule has 0 radical (unpaired) electrons. The number of hydrogen-bond acceptors (Lipinski definition) is 2. The van der Waals surface area contributed by atoms with Gasteiger partial charge in [-0.3, -0.25) is 5.10 Å². The largest absolute Gasteiger partial charge is 0.307 e. The molecule has 1 atom stereocenters. The van der Waals surface area contributed by atoms with E-state index in [0.717, 1.165) is 5.82 Å². The summed E-state index contributed by atoms with van der Waals surface area (Å²) in [5.41, 5.74) is 1.25. The number of aromatic nitrogens is 3. The molecule has 0 spiro atoms. The standard InChI is InChI=1S/C11H13N3S/c1-8(9-6-4-3-5-7-9)10-12-13-11(15)14(10)2/h3-8H,1-2H3,(H,13,15). The molecule has 1 N–H and O–H groups in total. The van der Waals surface area contributed by atoms with Gasteiger partial charge in [0.1, 0.15) is 5.82 Å². The van der Waals surface area contributed by atoms with Crippen molar-refractivity contribution in [2.75, 3.05) is 0 Å². The topological polar surface area (TPSA) is 33.6 Å². The van der Waals surface area contributed by atoms with Crippen molar-refractivity contribution in [1.82, 2.24) is 14.8 Å². The molecule has 0 amide bonds. The van der Waals surface area contributed by atoms with E-state index in [1.165, 1.54) is 5.56 Å². The minimum atomic E-state index is 0.254. The summed E-state index contributed by atoms with van der Waals surface area (Å²) in [7, 11) is 1.93. The molecule has 15 heavy (non-hydrogen) atoms. The van der Waals surface area contributed by atoms with Crippen molar-refractivity contribution in [3.63, 3.8) is 0 Å². The summed E-state index contributed by atoms with van der Waals surface area (Å²) < 4.78 is 2.57. The fraction of sp³-hybridized carbons (Fsp3) is 0.273. The van der Waals surface area contributed by atoms with Crippen LogP contribution in [-0.2, 0) is 7.05 Å². The van der Waals surface area contributed by atoms with Crippen LogP contribution >= 0.6 is 12.2 Å². The van der Waals surface area contributed by atoms with Crippen LogP contribution in [0.3, 0.4) is 0 Å². The third-order valence-electron chi connectivity index (χ3n) is 2.60. The maximum Gasteiger partial charge on any atom is 0.194 e. The zero-order valence-corrected chi connectivity index (χ0v) is 9.58. The van der Waals surface area contributed by atoms with Crippen molar-refractivity contribution < 1.29 is 0 Å². The van der Waals surface area contributed by atoms with E-state index >= 15 is 0 Å². The minimum absolute atomic E-state index is 0.254. The summed E-state index contributed by atoms with van der Waals surface area (Å²) in [6.07, 6.45) is 0. The van der Waals surface area contributed by atoms with Crippen LogP contribution < -0.4 is 0 Å². The van der Waals surface area contributed by atoms with Crippen molar-refractivity contribution in [2.45, 2.75) is 12.8 Å². The lowest BCUT2D eigenvalue weighted by Gasteiger charge is -2.10. The Kier molecular flexibility index (Phi) is 2.68. The molecule has 1 unspecified atom stereocenters. The molecule has 2 rings (SSSR count). The Morgan fingerprint density at radius 1 is 1.33 bits per heavy atom. The van der Waals surface area contributed by atoms with E-state index in [4.69, 9.17) is 12.2 Å². The second-order valence-corrected chi connectivity index (χ2v) is 3.97. The van der Waals surface area contributed by atoms with Crippen LogP contribution in [0.1, 0.15) is 24.2 Å². The fourth-order valence-electron chi connectivity index (χ4n) is 1.64. The average Bonchev–Trinajstić information content (AvgIpc) is 2.60. The summed E-state index contributed by atoms with van der Waals surface area (Å²) in [4.78, 5) is 0. The van der Waals surface area contributed by atoms with Crippen LogP contribution in [0.25, 0.3) is 0 Å². The van der Waals surface area contributed by atoms with Gasteiger partial charge in [-0.15, -0.1) is 0 Å². The number of nitrogens with one attached hydrogen (secondary N) is 1. The molecular weight excluding hydrogens is 206 g/mol. The van der Waals surface area contributed by atoms with Gasteiger partial charge in [-0.1, -0.05) is 37.3 Å². The highest BCUT2D eigenvalue weighted by molar-refractivity contribution is 7.71. The number of aromatic amines is 1. The van der Waals surface area contributed by atoms with E-state index in [1.807, 2.05) is 29.8 Å². The second kappa shape index (κ2) is 3.98. The van der Waals surface area contributed by atoms with Gasteiger partial charge in [0.05, 0.1) is 0 Å². The number of nitrogens with zero attached hydrogens (tertiary/aromatic N) is 2. The zero-order chi connectivity index (χ0) is 10.8. The third-order valence-corrected chi connectivity index (χ3v) is 2.97. The normalized spacial score (nSPS) is 12.7. The lowest BCUT2D eigenvalue weighted by atomic mass is 10.0. The van der Waals surface area contributed by atoms with Gasteiger partial charge in [0.25, 0.3) is 0 Å². The molecular formula is C11H13N3S. The van der Waals surface area contributed by atoms with Crippen molar-refractivity contribution in [3.8, 4) is 0 Å². The maximum atomic E-state index is 5.09. The van der Waals surface area contributed by atoms with E-state index in [-0.39, 0.29) is 5.92 Å². The molecule has 0 saturated carbocycles. The SMILES string of the molecule is CC(c1ccccc1)c1n[nH]c(=S)n1C. The molecule has 0 fully saturated rings. The molecule has 0 bridgehead atoms. The summed E-state index contributed by atoms with van der Waals surface area (Å²) in [6.45, 7) is 2.13. The van der Waals surface area contributed by atoms with E-state index in [9.17, 15) is 0 Å². The van der Waals surface area contributed by atoms with Crippen molar-refractivity contribution in [2.24, 2.45) is 7.05 Å². The van der Waals surface area contributed by atoms with Crippen molar-refractivity contribution in [1.29, 1.82) is 0 Å². The van der Waals surface area contributed by atoms with Crippen LogP contribution in [0, 0.1) is 4.77 Å². The first-order valence-corrected chi connectivity index (χ1v) is 5.27. The molecule has 0 aliphatic carbocycles. The predicted molar refractivity (Wildman–Crippen MR) is 62.4 cm³/mol. The zero-order valence-electron chi connectivity index (χ0n) is 8.77. The van der Waals surface area contributed by atoms with Crippen LogP contribution in [0.4, 0.5) is 0 Å². The number of hydrogen-bond donors (Lipinski definition) is 1. The van der Waals surface area contributed by atoms with E-state index in [1.54, 1.807) is 0 Å². The molecule has 1 heterocycles. The molecule has 0 aliphatic rings. The van der Waals surface area contributed by atoms with Gasteiger partial charge in [0.15, 0.2) is 4.77 Å². The lowest BCUT2D eigenvalue weighted by molar-refractivity contribution is 0.733. The summed E-state index contributed by atoms with van der Waals surface area (Å²) >= 11 is 5.09. The van der Waals surface area contributed by atoms with Crippen molar-refractivity contribution >= 4 is 12.2 Å². The minimum Gasteiger partial charge on any atom is -0.307 e. The highest BCUT2D eigenvalue weighted by Crippen LogP contribution is 2.21. The van der Waals surface area contributed by atoms with Gasteiger partial charge in [0, 0.05) is 13.0 Å². The highest BCUT2D eigenvalue weighted by Gasteiger charge is 2.13.